The van der Waals surface area contributed by atoms with Gasteiger partial charge in [0.05, 0.1) is 11.8 Å². The van der Waals surface area contributed by atoms with Crippen molar-refractivity contribution in [2.24, 2.45) is 0 Å². The van der Waals surface area contributed by atoms with Crippen LogP contribution in [0.2, 0.25) is 0 Å². The minimum Gasteiger partial charge on any atom is -0.481 e. The van der Waals surface area contributed by atoms with E-state index in [-0.39, 0.29) is 23.9 Å². The van der Waals surface area contributed by atoms with Crippen molar-refractivity contribution in [2.45, 2.75) is 26.3 Å². The van der Waals surface area contributed by atoms with Crippen LogP contribution in [-0.4, -0.2) is 28.4 Å². The number of hydrogen-bond donors (Lipinski definition) is 1. The summed E-state index contributed by atoms with van der Waals surface area (Å²) < 4.78 is 19.0. The third-order valence-corrected chi connectivity index (χ3v) is 4.07. The summed E-state index contributed by atoms with van der Waals surface area (Å²) in [5, 5.41) is 8.93. The third-order valence-electron chi connectivity index (χ3n) is 4.07. The Morgan fingerprint density at radius 2 is 2.17 bits per heavy atom. The molecule has 1 aromatic heterocycles. The van der Waals surface area contributed by atoms with Gasteiger partial charge in [0.25, 0.3) is 5.91 Å². The van der Waals surface area contributed by atoms with Crippen molar-refractivity contribution in [1.29, 1.82) is 0 Å². The molecule has 0 fully saturated rings. The van der Waals surface area contributed by atoms with Crippen LogP contribution in [-0.2, 0) is 24.2 Å². The van der Waals surface area contributed by atoms with Crippen molar-refractivity contribution in [3.63, 3.8) is 0 Å². The van der Waals surface area contributed by atoms with Crippen molar-refractivity contribution in [3.8, 4) is 0 Å². The van der Waals surface area contributed by atoms with Gasteiger partial charge in [-0.15, -0.1) is 0 Å². The number of nitrogens with zero attached hydrogens (tertiary/aromatic N) is 1. The van der Waals surface area contributed by atoms with Crippen molar-refractivity contribution in [2.75, 3.05) is 6.54 Å². The number of carboxylic acids is 1. The van der Waals surface area contributed by atoms with E-state index >= 15 is 0 Å². The predicted octanol–water partition coefficient (Wildman–Crippen LogP) is 2.55. The Morgan fingerprint density at radius 3 is 2.91 bits per heavy atom. The SMILES string of the molecule is Cc1coc(CC(=O)O)c1C(=O)N1CCc2c(F)cccc2C1. The highest BCUT2D eigenvalue weighted by molar-refractivity contribution is 5.97. The van der Waals surface area contributed by atoms with Gasteiger partial charge in [0.1, 0.15) is 18.0 Å². The molecule has 0 spiro atoms. The van der Waals surface area contributed by atoms with Crippen LogP contribution in [0.4, 0.5) is 4.39 Å². The molecule has 120 valence electrons. The summed E-state index contributed by atoms with van der Waals surface area (Å²) in [7, 11) is 0. The largest absolute Gasteiger partial charge is 0.481 e. The van der Waals surface area contributed by atoms with Crippen LogP contribution in [0.1, 0.15) is 32.8 Å². The molecule has 0 saturated carbocycles. The molecule has 5 nitrogen and oxygen atoms in total. The van der Waals surface area contributed by atoms with Gasteiger partial charge in [-0.1, -0.05) is 12.1 Å². The van der Waals surface area contributed by atoms with Crippen molar-refractivity contribution in [3.05, 3.63) is 58.3 Å². The Balaban J connectivity index is 1.88. The molecule has 0 unspecified atom stereocenters. The summed E-state index contributed by atoms with van der Waals surface area (Å²) in [6.07, 6.45) is 1.50. The number of halogens is 1. The number of carbonyl (C=O) groups excluding carboxylic acids is 1. The number of carboxylic acid groups (broad SMARTS) is 1. The molecular weight excluding hydrogens is 301 g/mol. The maximum atomic E-state index is 13.8. The molecule has 23 heavy (non-hydrogen) atoms. The molecule has 1 amide bonds. The predicted molar refractivity (Wildman–Crippen MR) is 79.6 cm³/mol. The van der Waals surface area contributed by atoms with Gasteiger partial charge in [-0.3, -0.25) is 9.59 Å². The first-order valence-corrected chi connectivity index (χ1v) is 7.31. The molecule has 1 N–H and O–H groups in total. The van der Waals surface area contributed by atoms with Crippen molar-refractivity contribution in [1.82, 2.24) is 4.90 Å². The molecule has 0 aliphatic carbocycles. The van der Waals surface area contributed by atoms with Gasteiger partial charge in [-0.2, -0.15) is 0 Å². The average molecular weight is 317 g/mol. The van der Waals surface area contributed by atoms with E-state index in [0.717, 1.165) is 5.56 Å². The number of carbonyl (C=O) groups is 2. The highest BCUT2D eigenvalue weighted by Crippen LogP contribution is 2.25. The first-order chi connectivity index (χ1) is 11.0. The highest BCUT2D eigenvalue weighted by Gasteiger charge is 2.28. The molecular formula is C17H16FNO4. The molecule has 0 atom stereocenters. The summed E-state index contributed by atoms with van der Waals surface area (Å²) in [4.78, 5) is 25.3. The second-order valence-corrected chi connectivity index (χ2v) is 5.64. The van der Waals surface area contributed by atoms with Gasteiger partial charge in [0.2, 0.25) is 0 Å². The molecule has 0 saturated heterocycles. The monoisotopic (exact) mass is 317 g/mol. The molecule has 0 bridgehead atoms. The lowest BCUT2D eigenvalue weighted by Crippen LogP contribution is -2.37. The summed E-state index contributed by atoms with van der Waals surface area (Å²) in [6.45, 7) is 2.41. The molecule has 2 aromatic rings. The zero-order valence-electron chi connectivity index (χ0n) is 12.6. The van der Waals surface area contributed by atoms with E-state index in [1.807, 2.05) is 0 Å². The summed E-state index contributed by atoms with van der Waals surface area (Å²) in [6, 6.07) is 4.85. The van der Waals surface area contributed by atoms with Crippen LogP contribution < -0.4 is 0 Å². The van der Waals surface area contributed by atoms with Gasteiger partial charge in [0, 0.05) is 18.7 Å². The Hall–Kier alpha value is -2.63. The topological polar surface area (TPSA) is 70.7 Å². The fourth-order valence-corrected chi connectivity index (χ4v) is 2.95. The minimum atomic E-state index is -1.06. The van der Waals surface area contributed by atoms with E-state index in [1.165, 1.54) is 12.3 Å². The zero-order valence-corrected chi connectivity index (χ0v) is 12.6. The van der Waals surface area contributed by atoms with Crippen LogP contribution in [0.15, 0.2) is 28.9 Å². The lowest BCUT2D eigenvalue weighted by atomic mass is 9.98. The molecule has 6 heteroatoms. The zero-order chi connectivity index (χ0) is 16.6. The minimum absolute atomic E-state index is 0.157. The first kappa shape index (κ1) is 15.3. The Morgan fingerprint density at radius 1 is 1.39 bits per heavy atom. The second kappa shape index (κ2) is 5.87. The standard InChI is InChI=1S/C17H16FNO4/c1-10-9-23-14(7-15(20)21)16(10)17(22)19-6-5-12-11(8-19)3-2-4-13(12)18/h2-4,9H,5-8H2,1H3,(H,20,21). The number of benzene rings is 1. The maximum Gasteiger partial charge on any atom is 0.311 e. The molecule has 1 aliphatic heterocycles. The Kier molecular flexibility index (Phi) is 3.90. The van der Waals surface area contributed by atoms with E-state index in [0.29, 0.717) is 36.2 Å². The van der Waals surface area contributed by atoms with Gasteiger partial charge >= 0.3 is 5.97 Å². The molecule has 1 aliphatic rings. The van der Waals surface area contributed by atoms with E-state index in [1.54, 1.807) is 24.0 Å². The second-order valence-electron chi connectivity index (χ2n) is 5.64. The van der Waals surface area contributed by atoms with Gasteiger partial charge in [0.15, 0.2) is 0 Å². The lowest BCUT2D eigenvalue weighted by molar-refractivity contribution is -0.136. The number of fused-ring (bicyclic) bond motifs is 1. The van der Waals surface area contributed by atoms with Crippen molar-refractivity contribution >= 4 is 11.9 Å². The summed E-state index contributed by atoms with van der Waals surface area (Å²) >= 11 is 0. The van der Waals surface area contributed by atoms with Gasteiger partial charge in [-0.05, 0) is 30.5 Å². The Bertz CT molecular complexity index is 781. The third kappa shape index (κ3) is 2.84. The molecule has 3 rings (SSSR count). The van der Waals surface area contributed by atoms with E-state index in [2.05, 4.69) is 0 Å². The number of amides is 1. The highest BCUT2D eigenvalue weighted by atomic mass is 19.1. The van der Waals surface area contributed by atoms with E-state index in [4.69, 9.17) is 9.52 Å². The van der Waals surface area contributed by atoms with Crippen LogP contribution in [0.25, 0.3) is 0 Å². The summed E-state index contributed by atoms with van der Waals surface area (Å²) in [5.74, 6) is -1.42. The lowest BCUT2D eigenvalue weighted by Gasteiger charge is -2.29. The van der Waals surface area contributed by atoms with Crippen LogP contribution in [0.3, 0.4) is 0 Å². The number of aryl methyl sites for hydroxylation is 1. The Labute approximate surface area is 132 Å². The van der Waals surface area contributed by atoms with Crippen molar-refractivity contribution < 1.29 is 23.5 Å². The molecule has 1 aromatic carbocycles. The number of rotatable bonds is 3. The van der Waals surface area contributed by atoms with E-state index in [9.17, 15) is 14.0 Å². The molecule has 0 radical (unpaired) electrons. The normalized spacial score (nSPS) is 13.7. The quantitative estimate of drug-likeness (QED) is 0.944. The van der Waals surface area contributed by atoms with E-state index < -0.39 is 5.97 Å². The fraction of sp³-hybridized carbons (Fsp3) is 0.294. The average Bonchev–Trinajstić information content (AvgIpc) is 2.86. The van der Waals surface area contributed by atoms with Gasteiger partial charge < -0.3 is 14.4 Å². The van der Waals surface area contributed by atoms with Crippen LogP contribution >= 0.6 is 0 Å². The van der Waals surface area contributed by atoms with Crippen LogP contribution in [0.5, 0.6) is 0 Å². The smallest absolute Gasteiger partial charge is 0.311 e. The van der Waals surface area contributed by atoms with Gasteiger partial charge in [-0.25, -0.2) is 4.39 Å². The number of hydrogen-bond acceptors (Lipinski definition) is 3. The fourth-order valence-electron chi connectivity index (χ4n) is 2.95. The first-order valence-electron chi connectivity index (χ1n) is 7.31. The molecule has 2 heterocycles. The maximum absolute atomic E-state index is 13.8. The summed E-state index contributed by atoms with van der Waals surface area (Å²) in [5.41, 5.74) is 2.33. The number of aliphatic carboxylic acids is 1. The van der Waals surface area contributed by atoms with Crippen LogP contribution in [0, 0.1) is 12.7 Å². The number of furan rings is 1.